The van der Waals surface area contributed by atoms with Gasteiger partial charge in [-0.25, -0.2) is 12.7 Å². The predicted octanol–water partition coefficient (Wildman–Crippen LogP) is 2.44. The van der Waals surface area contributed by atoms with E-state index in [4.69, 9.17) is 0 Å². The Morgan fingerprint density at radius 1 is 1.18 bits per heavy atom. The molecule has 0 amide bonds. The fraction of sp³-hybridized carbons (Fsp3) is 0.450. The Hall–Kier alpha value is -1.77. The van der Waals surface area contributed by atoms with E-state index in [2.05, 4.69) is 52.9 Å². The van der Waals surface area contributed by atoms with Crippen molar-refractivity contribution < 1.29 is 8.42 Å². The number of guanidine groups is 1. The van der Waals surface area contributed by atoms with Gasteiger partial charge in [-0.3, -0.25) is 4.99 Å². The minimum absolute atomic E-state index is 0.0352. The summed E-state index contributed by atoms with van der Waals surface area (Å²) in [4.78, 5) is 4.25. The smallest absolute Gasteiger partial charge is 0.215 e. The molecule has 1 saturated heterocycles. The normalized spacial score (nSPS) is 17.4. The average Bonchev–Trinajstić information content (AvgIpc) is 2.73. The lowest BCUT2D eigenvalue weighted by molar-refractivity contribution is 0.443. The third kappa shape index (κ3) is 5.18. The standard InChI is InChI=1S/C20H28N4O2S2/c1-16(18-9-5-7-17-6-3-4-8-19(17)18)23-20(21-2)22-10-15-28(25,26)24-11-13-27-14-12-24/h3-9,16H,10-15H2,1-2H3,(H2,21,22,23). The Bertz CT molecular complexity index is 919. The fourth-order valence-corrected chi connectivity index (χ4v) is 5.85. The molecule has 0 bridgehead atoms. The maximum Gasteiger partial charge on any atom is 0.215 e. The van der Waals surface area contributed by atoms with Crippen molar-refractivity contribution in [2.24, 2.45) is 4.99 Å². The summed E-state index contributed by atoms with van der Waals surface area (Å²) in [6.45, 7) is 3.63. The molecule has 1 atom stereocenters. The molecule has 0 saturated carbocycles. The van der Waals surface area contributed by atoms with E-state index in [0.29, 0.717) is 25.6 Å². The molecule has 2 N–H and O–H groups in total. The number of rotatable bonds is 6. The predicted molar refractivity (Wildman–Crippen MR) is 120 cm³/mol. The van der Waals surface area contributed by atoms with E-state index >= 15 is 0 Å². The third-order valence-electron chi connectivity index (χ3n) is 4.88. The van der Waals surface area contributed by atoms with Crippen LogP contribution in [0.1, 0.15) is 18.5 Å². The van der Waals surface area contributed by atoms with Gasteiger partial charge < -0.3 is 10.6 Å². The second kappa shape index (κ2) is 9.62. The minimum Gasteiger partial charge on any atom is -0.355 e. The van der Waals surface area contributed by atoms with Gasteiger partial charge in [0, 0.05) is 38.2 Å². The molecule has 8 heteroatoms. The number of nitrogens with one attached hydrogen (secondary N) is 2. The molecule has 0 spiro atoms. The molecular weight excluding hydrogens is 392 g/mol. The zero-order chi connectivity index (χ0) is 20.0. The molecule has 0 aromatic heterocycles. The van der Waals surface area contributed by atoms with E-state index in [-0.39, 0.29) is 11.8 Å². The van der Waals surface area contributed by atoms with E-state index in [1.54, 1.807) is 23.1 Å². The van der Waals surface area contributed by atoms with Gasteiger partial charge in [-0.2, -0.15) is 11.8 Å². The first-order valence-electron chi connectivity index (χ1n) is 9.51. The average molecular weight is 421 g/mol. The van der Waals surface area contributed by atoms with Gasteiger partial charge in [0.25, 0.3) is 0 Å². The molecule has 28 heavy (non-hydrogen) atoms. The third-order valence-corrected chi connectivity index (χ3v) is 7.70. The number of sulfonamides is 1. The SMILES string of the molecule is CN=C(NCCS(=O)(=O)N1CCSCC1)NC(C)c1cccc2ccccc12. The highest BCUT2D eigenvalue weighted by molar-refractivity contribution is 7.99. The Kier molecular flexibility index (Phi) is 7.20. The second-order valence-electron chi connectivity index (χ2n) is 6.76. The zero-order valence-electron chi connectivity index (χ0n) is 16.4. The molecule has 1 aliphatic heterocycles. The van der Waals surface area contributed by atoms with Crippen LogP contribution < -0.4 is 10.6 Å². The summed E-state index contributed by atoms with van der Waals surface area (Å²) in [6, 6.07) is 14.6. The Labute approximate surface area is 171 Å². The van der Waals surface area contributed by atoms with Crippen molar-refractivity contribution in [3.05, 3.63) is 48.0 Å². The van der Waals surface area contributed by atoms with E-state index in [1.807, 2.05) is 12.1 Å². The number of aliphatic imine (C=N–C) groups is 1. The topological polar surface area (TPSA) is 73.8 Å². The number of fused-ring (bicyclic) bond motifs is 1. The fourth-order valence-electron chi connectivity index (χ4n) is 3.36. The summed E-state index contributed by atoms with van der Waals surface area (Å²) in [5.74, 6) is 2.42. The van der Waals surface area contributed by atoms with Crippen LogP contribution in [-0.4, -0.2) is 62.6 Å². The maximum absolute atomic E-state index is 12.5. The zero-order valence-corrected chi connectivity index (χ0v) is 18.0. The lowest BCUT2D eigenvalue weighted by atomic mass is 10.00. The number of benzene rings is 2. The van der Waals surface area contributed by atoms with Crippen molar-refractivity contribution in [3.63, 3.8) is 0 Å². The van der Waals surface area contributed by atoms with Crippen LogP contribution in [-0.2, 0) is 10.0 Å². The van der Waals surface area contributed by atoms with Gasteiger partial charge in [-0.15, -0.1) is 0 Å². The number of nitrogens with zero attached hydrogens (tertiary/aromatic N) is 2. The highest BCUT2D eigenvalue weighted by atomic mass is 32.2. The lowest BCUT2D eigenvalue weighted by Crippen LogP contribution is -2.44. The van der Waals surface area contributed by atoms with E-state index < -0.39 is 10.0 Å². The van der Waals surface area contributed by atoms with Gasteiger partial charge in [0.15, 0.2) is 5.96 Å². The molecule has 0 aliphatic carbocycles. The summed E-state index contributed by atoms with van der Waals surface area (Å²) in [7, 11) is -1.53. The van der Waals surface area contributed by atoms with Crippen LogP contribution >= 0.6 is 11.8 Å². The molecule has 1 aliphatic rings. The van der Waals surface area contributed by atoms with Crippen molar-refractivity contribution >= 4 is 38.5 Å². The first-order valence-corrected chi connectivity index (χ1v) is 12.3. The van der Waals surface area contributed by atoms with Crippen molar-refractivity contribution in [1.82, 2.24) is 14.9 Å². The summed E-state index contributed by atoms with van der Waals surface area (Å²) >= 11 is 1.80. The molecule has 152 valence electrons. The van der Waals surface area contributed by atoms with Crippen molar-refractivity contribution in [2.45, 2.75) is 13.0 Å². The van der Waals surface area contributed by atoms with Crippen LogP contribution in [0, 0.1) is 0 Å². The Balaban J connectivity index is 1.58. The van der Waals surface area contributed by atoms with E-state index in [1.165, 1.54) is 16.3 Å². The number of hydrogen-bond donors (Lipinski definition) is 2. The van der Waals surface area contributed by atoms with E-state index in [0.717, 1.165) is 11.5 Å². The molecule has 3 rings (SSSR count). The first kappa shape index (κ1) is 21.0. The number of hydrogen-bond acceptors (Lipinski definition) is 4. The molecule has 1 fully saturated rings. The molecular formula is C20H28N4O2S2. The second-order valence-corrected chi connectivity index (χ2v) is 10.1. The molecule has 1 unspecified atom stereocenters. The van der Waals surface area contributed by atoms with Gasteiger partial charge >= 0.3 is 0 Å². The summed E-state index contributed by atoms with van der Waals surface area (Å²) < 4.78 is 26.5. The number of thioether (sulfide) groups is 1. The highest BCUT2D eigenvalue weighted by Gasteiger charge is 2.23. The largest absolute Gasteiger partial charge is 0.355 e. The summed E-state index contributed by atoms with van der Waals surface area (Å²) in [5, 5.41) is 8.91. The molecule has 1 heterocycles. The van der Waals surface area contributed by atoms with E-state index in [9.17, 15) is 8.42 Å². The van der Waals surface area contributed by atoms with Gasteiger partial charge in [0.2, 0.25) is 10.0 Å². The van der Waals surface area contributed by atoms with Gasteiger partial charge in [0.05, 0.1) is 11.8 Å². The van der Waals surface area contributed by atoms with Gasteiger partial charge in [-0.05, 0) is 23.3 Å². The van der Waals surface area contributed by atoms with Crippen LogP contribution in [0.4, 0.5) is 0 Å². The van der Waals surface area contributed by atoms with Crippen LogP contribution in [0.5, 0.6) is 0 Å². The molecule has 6 nitrogen and oxygen atoms in total. The Morgan fingerprint density at radius 2 is 1.89 bits per heavy atom. The quantitative estimate of drug-likeness (QED) is 0.555. The first-order chi connectivity index (χ1) is 13.5. The summed E-state index contributed by atoms with van der Waals surface area (Å²) in [5.41, 5.74) is 1.18. The van der Waals surface area contributed by atoms with Crippen LogP contribution in [0.15, 0.2) is 47.5 Å². The maximum atomic E-state index is 12.5. The Morgan fingerprint density at radius 3 is 2.64 bits per heavy atom. The van der Waals surface area contributed by atoms with Gasteiger partial charge in [0.1, 0.15) is 0 Å². The van der Waals surface area contributed by atoms with Crippen molar-refractivity contribution in [1.29, 1.82) is 0 Å². The molecule has 2 aromatic carbocycles. The van der Waals surface area contributed by atoms with Gasteiger partial charge in [-0.1, -0.05) is 42.5 Å². The van der Waals surface area contributed by atoms with Crippen LogP contribution in [0.25, 0.3) is 10.8 Å². The van der Waals surface area contributed by atoms with Crippen molar-refractivity contribution in [2.75, 3.05) is 43.9 Å². The minimum atomic E-state index is -3.22. The monoisotopic (exact) mass is 420 g/mol. The van der Waals surface area contributed by atoms with Crippen molar-refractivity contribution in [3.8, 4) is 0 Å². The van der Waals surface area contributed by atoms with Crippen LogP contribution in [0.3, 0.4) is 0 Å². The molecule has 0 radical (unpaired) electrons. The summed E-state index contributed by atoms with van der Waals surface area (Å²) in [6.07, 6.45) is 0. The molecule has 2 aromatic rings. The van der Waals surface area contributed by atoms with Crippen LogP contribution in [0.2, 0.25) is 0 Å². The highest BCUT2D eigenvalue weighted by Crippen LogP contribution is 2.23. The lowest BCUT2D eigenvalue weighted by Gasteiger charge is -2.26.